The first kappa shape index (κ1) is 13.7. The highest BCUT2D eigenvalue weighted by Gasteiger charge is 2.12. The van der Waals surface area contributed by atoms with Crippen LogP contribution < -0.4 is 5.56 Å². The van der Waals surface area contributed by atoms with Gasteiger partial charge in [0.05, 0.1) is 11.4 Å². The van der Waals surface area contributed by atoms with Gasteiger partial charge in [-0.15, -0.1) is 11.8 Å². The second kappa shape index (κ2) is 5.61. The molecule has 0 spiro atoms. The Morgan fingerprint density at radius 1 is 1.19 bits per heavy atom. The topological polar surface area (TPSA) is 50.7 Å². The fourth-order valence-electron chi connectivity index (χ4n) is 2.23. The van der Waals surface area contributed by atoms with Crippen LogP contribution in [-0.2, 0) is 0 Å². The van der Waals surface area contributed by atoms with Gasteiger partial charge >= 0.3 is 0 Å². The van der Waals surface area contributed by atoms with Crippen LogP contribution in [-0.4, -0.2) is 21.0 Å². The Balaban J connectivity index is 2.10. The zero-order chi connectivity index (χ0) is 14.8. The number of nitrogens with zero attached hydrogens (tertiary/aromatic N) is 2. The van der Waals surface area contributed by atoms with Crippen molar-refractivity contribution < 1.29 is 0 Å². The fraction of sp³-hybridized carbons (Fsp3) is 0.125. The quantitative estimate of drug-likeness (QED) is 0.755. The number of aromatic nitrogens is 3. The number of hydrogen-bond acceptors (Lipinski definition) is 3. The lowest BCUT2D eigenvalue weighted by atomic mass is 10.1. The van der Waals surface area contributed by atoms with Crippen LogP contribution in [0.4, 0.5) is 0 Å². The molecule has 0 amide bonds. The number of hydrogen-bond donors (Lipinski definition) is 1. The Labute approximate surface area is 126 Å². The van der Waals surface area contributed by atoms with E-state index in [2.05, 4.69) is 10.1 Å². The van der Waals surface area contributed by atoms with Crippen LogP contribution in [0.1, 0.15) is 5.56 Å². The van der Waals surface area contributed by atoms with Crippen LogP contribution in [0.2, 0.25) is 0 Å². The van der Waals surface area contributed by atoms with E-state index in [-0.39, 0.29) is 5.56 Å². The Hall–Kier alpha value is -2.27. The van der Waals surface area contributed by atoms with Crippen LogP contribution in [0.25, 0.3) is 16.9 Å². The number of pyridine rings is 1. The van der Waals surface area contributed by atoms with Gasteiger partial charge in [-0.25, -0.2) is 4.68 Å². The van der Waals surface area contributed by atoms with E-state index in [1.54, 1.807) is 28.8 Å². The highest BCUT2D eigenvalue weighted by atomic mass is 32.2. The third kappa shape index (κ3) is 2.52. The van der Waals surface area contributed by atoms with E-state index >= 15 is 0 Å². The summed E-state index contributed by atoms with van der Waals surface area (Å²) in [5.41, 5.74) is 3.20. The molecule has 0 saturated carbocycles. The van der Waals surface area contributed by atoms with E-state index in [9.17, 15) is 4.79 Å². The molecule has 2 heterocycles. The first-order chi connectivity index (χ1) is 10.2. The van der Waals surface area contributed by atoms with E-state index in [1.165, 1.54) is 4.90 Å². The zero-order valence-corrected chi connectivity index (χ0v) is 12.6. The van der Waals surface area contributed by atoms with Gasteiger partial charge in [-0.3, -0.25) is 14.9 Å². The summed E-state index contributed by atoms with van der Waals surface area (Å²) in [4.78, 5) is 17.7. The molecule has 4 nitrogen and oxygen atoms in total. The lowest BCUT2D eigenvalue weighted by Crippen LogP contribution is -2.15. The Kier molecular flexibility index (Phi) is 3.66. The SMILES string of the molecule is CSc1ccc(-n2[nH]c(-c3cccnc3)c(C)c2=O)cc1. The van der Waals surface area contributed by atoms with Crippen molar-refractivity contribution in [2.24, 2.45) is 0 Å². The van der Waals surface area contributed by atoms with Gasteiger partial charge in [0.15, 0.2) is 0 Å². The van der Waals surface area contributed by atoms with Crippen LogP contribution in [0.3, 0.4) is 0 Å². The molecule has 5 heteroatoms. The van der Waals surface area contributed by atoms with Crippen molar-refractivity contribution >= 4 is 11.8 Å². The molecule has 0 saturated heterocycles. The molecule has 0 atom stereocenters. The summed E-state index contributed by atoms with van der Waals surface area (Å²) >= 11 is 1.68. The minimum Gasteiger partial charge on any atom is -0.290 e. The second-order valence-corrected chi connectivity index (χ2v) is 5.57. The van der Waals surface area contributed by atoms with Crippen molar-refractivity contribution in [3.05, 3.63) is 64.7 Å². The summed E-state index contributed by atoms with van der Waals surface area (Å²) in [5, 5.41) is 3.18. The molecule has 0 bridgehead atoms. The van der Waals surface area contributed by atoms with Gasteiger partial charge < -0.3 is 0 Å². The maximum Gasteiger partial charge on any atom is 0.274 e. The molecule has 0 fully saturated rings. The summed E-state index contributed by atoms with van der Waals surface area (Å²) in [6.45, 7) is 1.83. The largest absolute Gasteiger partial charge is 0.290 e. The minimum atomic E-state index is -0.0363. The maximum absolute atomic E-state index is 12.4. The van der Waals surface area contributed by atoms with Crippen LogP contribution >= 0.6 is 11.8 Å². The first-order valence-corrected chi connectivity index (χ1v) is 7.79. The van der Waals surface area contributed by atoms with Gasteiger partial charge in [0.2, 0.25) is 0 Å². The van der Waals surface area contributed by atoms with Crippen molar-refractivity contribution in [3.8, 4) is 16.9 Å². The van der Waals surface area contributed by atoms with Gasteiger partial charge in [0.25, 0.3) is 5.56 Å². The normalized spacial score (nSPS) is 10.8. The van der Waals surface area contributed by atoms with E-state index < -0.39 is 0 Å². The van der Waals surface area contributed by atoms with E-state index in [0.717, 1.165) is 16.9 Å². The molecule has 0 aliphatic rings. The molecule has 1 aromatic carbocycles. The molecule has 0 aliphatic heterocycles. The molecule has 3 rings (SSSR count). The third-order valence-electron chi connectivity index (χ3n) is 3.40. The number of benzene rings is 1. The number of rotatable bonds is 3. The molecule has 0 radical (unpaired) electrons. The van der Waals surface area contributed by atoms with Crippen molar-refractivity contribution in [2.45, 2.75) is 11.8 Å². The summed E-state index contributed by atoms with van der Waals surface area (Å²) in [5.74, 6) is 0. The molecular formula is C16H15N3OS. The van der Waals surface area contributed by atoms with Crippen molar-refractivity contribution in [1.29, 1.82) is 0 Å². The standard InChI is InChI=1S/C16H15N3OS/c1-11-15(12-4-3-9-17-10-12)18-19(16(11)20)13-5-7-14(21-2)8-6-13/h3-10,18H,1-2H3. The number of thioether (sulfide) groups is 1. The smallest absolute Gasteiger partial charge is 0.274 e. The van der Waals surface area contributed by atoms with Crippen molar-refractivity contribution in [2.75, 3.05) is 6.26 Å². The molecule has 0 unspecified atom stereocenters. The summed E-state index contributed by atoms with van der Waals surface area (Å²) in [6, 6.07) is 11.7. The summed E-state index contributed by atoms with van der Waals surface area (Å²) in [7, 11) is 0. The number of H-pyrrole nitrogens is 1. The summed E-state index contributed by atoms with van der Waals surface area (Å²) < 4.78 is 1.57. The van der Waals surface area contributed by atoms with Gasteiger partial charge in [-0.2, -0.15) is 0 Å². The molecule has 2 aromatic heterocycles. The molecule has 21 heavy (non-hydrogen) atoms. The number of nitrogens with one attached hydrogen (secondary N) is 1. The monoisotopic (exact) mass is 297 g/mol. The molecular weight excluding hydrogens is 282 g/mol. The Morgan fingerprint density at radius 3 is 2.57 bits per heavy atom. The van der Waals surface area contributed by atoms with E-state index in [1.807, 2.05) is 49.6 Å². The van der Waals surface area contributed by atoms with E-state index in [4.69, 9.17) is 0 Å². The van der Waals surface area contributed by atoms with Crippen LogP contribution in [0.5, 0.6) is 0 Å². The third-order valence-corrected chi connectivity index (χ3v) is 4.15. The summed E-state index contributed by atoms with van der Waals surface area (Å²) in [6.07, 6.45) is 5.50. The highest BCUT2D eigenvalue weighted by Crippen LogP contribution is 2.20. The number of aromatic amines is 1. The lowest BCUT2D eigenvalue weighted by Gasteiger charge is -2.03. The fourth-order valence-corrected chi connectivity index (χ4v) is 2.63. The van der Waals surface area contributed by atoms with Crippen molar-refractivity contribution in [1.82, 2.24) is 14.8 Å². The van der Waals surface area contributed by atoms with Gasteiger partial charge in [0, 0.05) is 28.4 Å². The molecule has 3 aromatic rings. The van der Waals surface area contributed by atoms with E-state index in [0.29, 0.717) is 5.56 Å². The Morgan fingerprint density at radius 2 is 1.95 bits per heavy atom. The Bertz CT molecular complexity index is 804. The van der Waals surface area contributed by atoms with Gasteiger partial charge in [-0.1, -0.05) is 0 Å². The molecule has 1 N–H and O–H groups in total. The lowest BCUT2D eigenvalue weighted by molar-refractivity contribution is 0.849. The molecule has 106 valence electrons. The van der Waals surface area contributed by atoms with Crippen LogP contribution in [0.15, 0.2) is 58.5 Å². The van der Waals surface area contributed by atoms with Crippen LogP contribution in [0, 0.1) is 6.92 Å². The average molecular weight is 297 g/mol. The highest BCUT2D eigenvalue weighted by molar-refractivity contribution is 7.98. The second-order valence-electron chi connectivity index (χ2n) is 4.69. The average Bonchev–Trinajstić information content (AvgIpc) is 2.84. The maximum atomic E-state index is 12.4. The predicted molar refractivity (Wildman–Crippen MR) is 86.1 cm³/mol. The first-order valence-electron chi connectivity index (χ1n) is 6.57. The zero-order valence-electron chi connectivity index (χ0n) is 11.8. The van der Waals surface area contributed by atoms with Gasteiger partial charge in [0.1, 0.15) is 0 Å². The minimum absolute atomic E-state index is 0.0363. The van der Waals surface area contributed by atoms with Crippen molar-refractivity contribution in [3.63, 3.8) is 0 Å². The van der Waals surface area contributed by atoms with Gasteiger partial charge in [-0.05, 0) is 49.6 Å². The molecule has 0 aliphatic carbocycles. The predicted octanol–water partition coefficient (Wildman–Crippen LogP) is 3.26.